The Morgan fingerprint density at radius 2 is 1.92 bits per heavy atom. The van der Waals surface area contributed by atoms with Crippen LogP contribution in [0.5, 0.6) is 0 Å². The largest absolute Gasteiger partial charge is 0.329 e. The minimum Gasteiger partial charge on any atom is -0.312 e. The molecule has 8 heteroatoms. The molecule has 0 amide bonds. The topological polar surface area (TPSA) is 75.9 Å². The van der Waals surface area contributed by atoms with E-state index < -0.39 is 11.2 Å². The Bertz CT molecular complexity index is 1050. The molecule has 4 rings (SSSR count). The Hall–Kier alpha value is -2.90. The number of nitrogens with zero attached hydrogens (tertiary/aromatic N) is 4. The molecule has 24 heavy (non-hydrogen) atoms. The minimum atomic E-state index is -0.496. The zero-order valence-corrected chi connectivity index (χ0v) is 13.3. The van der Waals surface area contributed by atoms with Gasteiger partial charge in [-0.05, 0) is 30.2 Å². The summed E-state index contributed by atoms with van der Waals surface area (Å²) in [5.74, 6) is 0.536. The van der Waals surface area contributed by atoms with Crippen LogP contribution in [0.25, 0.3) is 11.2 Å². The summed E-state index contributed by atoms with van der Waals surface area (Å²) in [4.78, 5) is 32.9. The van der Waals surface area contributed by atoms with E-state index in [2.05, 4.69) is 16.9 Å². The molecule has 0 spiro atoms. The lowest BCUT2D eigenvalue weighted by Gasteiger charge is -2.32. The van der Waals surface area contributed by atoms with Crippen LogP contribution in [0.2, 0.25) is 0 Å². The summed E-state index contributed by atoms with van der Waals surface area (Å²) in [7, 11) is 1.57. The van der Waals surface area contributed by atoms with Gasteiger partial charge in [-0.2, -0.15) is 4.98 Å². The monoisotopic (exact) mass is 329 g/mol. The van der Waals surface area contributed by atoms with Crippen molar-refractivity contribution in [2.24, 2.45) is 13.0 Å². The van der Waals surface area contributed by atoms with Crippen LogP contribution >= 0.6 is 0 Å². The molecule has 1 aliphatic heterocycles. The molecule has 7 nitrogen and oxygen atoms in total. The van der Waals surface area contributed by atoms with Crippen LogP contribution < -0.4 is 16.1 Å². The highest BCUT2D eigenvalue weighted by atomic mass is 19.1. The van der Waals surface area contributed by atoms with Gasteiger partial charge in [0.1, 0.15) is 5.82 Å². The van der Waals surface area contributed by atoms with Crippen molar-refractivity contribution < 1.29 is 4.39 Å². The van der Waals surface area contributed by atoms with Crippen molar-refractivity contribution in [2.45, 2.75) is 13.5 Å². The summed E-state index contributed by atoms with van der Waals surface area (Å²) in [5, 5.41) is 0. The van der Waals surface area contributed by atoms with Gasteiger partial charge in [-0.1, -0.05) is 6.92 Å². The average Bonchev–Trinajstić information content (AvgIpc) is 2.92. The number of H-pyrrole nitrogens is 1. The molecule has 1 aromatic carbocycles. The first-order valence-electron chi connectivity index (χ1n) is 7.68. The van der Waals surface area contributed by atoms with Gasteiger partial charge in [0.05, 0.1) is 0 Å². The maximum atomic E-state index is 13.2. The Labute approximate surface area is 136 Å². The van der Waals surface area contributed by atoms with E-state index in [1.807, 2.05) is 9.47 Å². The lowest BCUT2D eigenvalue weighted by Crippen LogP contribution is -2.35. The lowest BCUT2D eigenvalue weighted by atomic mass is 10.1. The number of halogens is 1. The number of hydrogen-bond donors (Lipinski definition) is 1. The van der Waals surface area contributed by atoms with Crippen molar-refractivity contribution in [1.29, 1.82) is 0 Å². The maximum absolute atomic E-state index is 13.2. The van der Waals surface area contributed by atoms with E-state index in [-0.39, 0.29) is 11.7 Å². The molecule has 0 saturated carbocycles. The highest BCUT2D eigenvalue weighted by molar-refractivity contribution is 5.76. The van der Waals surface area contributed by atoms with Crippen molar-refractivity contribution in [3.63, 3.8) is 0 Å². The van der Waals surface area contributed by atoms with Gasteiger partial charge in [0.2, 0.25) is 5.95 Å². The number of aromatic amines is 1. The van der Waals surface area contributed by atoms with Crippen molar-refractivity contribution in [3.05, 3.63) is 50.9 Å². The van der Waals surface area contributed by atoms with Gasteiger partial charge in [0.15, 0.2) is 11.2 Å². The lowest BCUT2D eigenvalue weighted by molar-refractivity contribution is 0.458. The van der Waals surface area contributed by atoms with Crippen LogP contribution in [0.1, 0.15) is 6.92 Å². The molecule has 124 valence electrons. The summed E-state index contributed by atoms with van der Waals surface area (Å²) >= 11 is 0. The number of nitrogens with one attached hydrogen (secondary N) is 1. The van der Waals surface area contributed by atoms with Crippen molar-refractivity contribution in [1.82, 2.24) is 19.1 Å². The van der Waals surface area contributed by atoms with Crippen molar-refractivity contribution >= 4 is 22.8 Å². The standard InChI is InChI=1S/C16H16FN5O2/c1-9-7-21(11-5-3-10(17)4-6-11)15-18-13-12(22(15)8-9)14(23)19-16(24)20(13)2/h3-6,9H,7-8H2,1-2H3,(H,19,23,24). The summed E-state index contributed by atoms with van der Waals surface area (Å²) in [6.07, 6.45) is 0. The fraction of sp³-hybridized carbons (Fsp3) is 0.312. The van der Waals surface area contributed by atoms with E-state index in [0.717, 1.165) is 5.69 Å². The molecule has 1 N–H and O–H groups in total. The van der Waals surface area contributed by atoms with Crippen LogP contribution in [0.15, 0.2) is 33.9 Å². The van der Waals surface area contributed by atoms with E-state index in [4.69, 9.17) is 0 Å². The molecule has 0 saturated heterocycles. The molecule has 1 unspecified atom stereocenters. The van der Waals surface area contributed by atoms with Crippen molar-refractivity contribution in [3.8, 4) is 0 Å². The predicted molar refractivity (Wildman–Crippen MR) is 88.2 cm³/mol. The number of imidazole rings is 1. The van der Waals surface area contributed by atoms with Crippen LogP contribution in [0.3, 0.4) is 0 Å². The van der Waals surface area contributed by atoms with Gasteiger partial charge in [-0.15, -0.1) is 0 Å². The van der Waals surface area contributed by atoms with Gasteiger partial charge >= 0.3 is 5.69 Å². The zero-order chi connectivity index (χ0) is 17.0. The number of aryl methyl sites for hydroxylation is 1. The molecule has 0 radical (unpaired) electrons. The Morgan fingerprint density at radius 1 is 1.21 bits per heavy atom. The highest BCUT2D eigenvalue weighted by Crippen LogP contribution is 2.32. The summed E-state index contributed by atoms with van der Waals surface area (Å²) in [5.41, 5.74) is 0.580. The third-order valence-corrected chi connectivity index (χ3v) is 4.36. The number of hydrogen-bond acceptors (Lipinski definition) is 4. The quantitative estimate of drug-likeness (QED) is 0.731. The fourth-order valence-electron chi connectivity index (χ4n) is 3.21. The zero-order valence-electron chi connectivity index (χ0n) is 13.3. The number of fused-ring (bicyclic) bond motifs is 3. The van der Waals surface area contributed by atoms with Gasteiger partial charge in [-0.25, -0.2) is 9.18 Å². The highest BCUT2D eigenvalue weighted by Gasteiger charge is 2.28. The minimum absolute atomic E-state index is 0.261. The van der Waals surface area contributed by atoms with E-state index in [1.54, 1.807) is 19.2 Å². The van der Waals surface area contributed by atoms with Gasteiger partial charge in [0, 0.05) is 25.8 Å². The Balaban J connectivity index is 2.00. The van der Waals surface area contributed by atoms with Crippen LogP contribution in [-0.4, -0.2) is 25.6 Å². The van der Waals surface area contributed by atoms with Gasteiger partial charge < -0.3 is 9.47 Å². The van der Waals surface area contributed by atoms with Gasteiger partial charge in [-0.3, -0.25) is 14.3 Å². The van der Waals surface area contributed by atoms with Crippen LogP contribution in [0.4, 0.5) is 16.0 Å². The van der Waals surface area contributed by atoms with E-state index >= 15 is 0 Å². The molecule has 3 heterocycles. The number of aromatic nitrogens is 4. The van der Waals surface area contributed by atoms with Crippen molar-refractivity contribution in [2.75, 3.05) is 11.4 Å². The third kappa shape index (κ3) is 2.06. The SMILES string of the molecule is CC1CN(c2ccc(F)cc2)c2nc3c(c(=O)[nH]c(=O)n3C)n2C1. The van der Waals surface area contributed by atoms with Crippen LogP contribution in [-0.2, 0) is 13.6 Å². The average molecular weight is 329 g/mol. The predicted octanol–water partition coefficient (Wildman–Crippen LogP) is 1.35. The molecule has 0 bridgehead atoms. The van der Waals surface area contributed by atoms with E-state index in [0.29, 0.717) is 30.2 Å². The first kappa shape index (κ1) is 14.7. The van der Waals surface area contributed by atoms with Gasteiger partial charge in [0.25, 0.3) is 5.56 Å². The molecule has 2 aromatic heterocycles. The number of anilines is 2. The smallest absolute Gasteiger partial charge is 0.312 e. The maximum Gasteiger partial charge on any atom is 0.329 e. The Kier molecular flexibility index (Phi) is 3.09. The fourth-order valence-corrected chi connectivity index (χ4v) is 3.21. The number of rotatable bonds is 1. The first-order valence-corrected chi connectivity index (χ1v) is 7.68. The number of benzene rings is 1. The normalized spacial score (nSPS) is 17.3. The summed E-state index contributed by atoms with van der Waals surface area (Å²) < 4.78 is 16.4. The van der Waals surface area contributed by atoms with Crippen LogP contribution in [0, 0.1) is 11.7 Å². The summed E-state index contributed by atoms with van der Waals surface area (Å²) in [6, 6.07) is 6.15. The first-order chi connectivity index (χ1) is 11.5. The molecule has 0 fully saturated rings. The molecule has 0 aliphatic carbocycles. The van der Waals surface area contributed by atoms with E-state index in [9.17, 15) is 14.0 Å². The second kappa shape index (κ2) is 5.05. The molecule has 1 aliphatic rings. The molecular weight excluding hydrogens is 313 g/mol. The summed E-state index contributed by atoms with van der Waals surface area (Å²) in [6.45, 7) is 3.40. The molecule has 3 aromatic rings. The Morgan fingerprint density at radius 3 is 2.62 bits per heavy atom. The molecular formula is C16H16FN5O2. The second-order valence-electron chi connectivity index (χ2n) is 6.21. The molecule has 1 atom stereocenters. The third-order valence-electron chi connectivity index (χ3n) is 4.36. The second-order valence-corrected chi connectivity index (χ2v) is 6.21. The van der Waals surface area contributed by atoms with E-state index in [1.165, 1.54) is 16.7 Å².